The summed E-state index contributed by atoms with van der Waals surface area (Å²) in [6.45, 7) is 0.567. The standard InChI is InChI=1S/C17H25FN2O3/c1-23-16-10-12(6-7-14(16)18)8-9-19-17(22)20-15-5-3-2-4-13(15)11-21/h6-7,10,13,15,21H,2-5,8-9,11H2,1H3,(H2,19,20,22)/t13-,15-/m0/s1. The molecule has 3 N–H and O–H groups in total. The number of hydrogen-bond donors (Lipinski definition) is 3. The van der Waals surface area contributed by atoms with Crippen LogP contribution in [0.2, 0.25) is 0 Å². The van der Waals surface area contributed by atoms with Crippen molar-refractivity contribution in [2.45, 2.75) is 38.1 Å². The molecule has 6 heteroatoms. The number of hydrogen-bond acceptors (Lipinski definition) is 3. The summed E-state index contributed by atoms with van der Waals surface area (Å²) < 4.78 is 18.3. The maximum Gasteiger partial charge on any atom is 0.315 e. The topological polar surface area (TPSA) is 70.6 Å². The van der Waals surface area contributed by atoms with Crippen LogP contribution in [-0.2, 0) is 6.42 Å². The van der Waals surface area contributed by atoms with E-state index in [0.29, 0.717) is 13.0 Å². The second kappa shape index (κ2) is 8.72. The molecule has 2 amide bonds. The van der Waals surface area contributed by atoms with Gasteiger partial charge in [0, 0.05) is 25.1 Å². The summed E-state index contributed by atoms with van der Waals surface area (Å²) in [6.07, 6.45) is 4.65. The minimum Gasteiger partial charge on any atom is -0.494 e. The summed E-state index contributed by atoms with van der Waals surface area (Å²) in [4.78, 5) is 12.0. The maximum atomic E-state index is 13.3. The molecule has 0 heterocycles. The summed E-state index contributed by atoms with van der Waals surface area (Å²) in [6, 6.07) is 4.50. The first kappa shape index (κ1) is 17.5. The van der Waals surface area contributed by atoms with Crippen LogP contribution in [0.15, 0.2) is 18.2 Å². The highest BCUT2D eigenvalue weighted by Crippen LogP contribution is 2.23. The van der Waals surface area contributed by atoms with Crippen LogP contribution in [0.4, 0.5) is 9.18 Å². The Balaban J connectivity index is 1.76. The number of urea groups is 1. The fourth-order valence-corrected chi connectivity index (χ4v) is 3.02. The molecule has 1 aliphatic rings. The van der Waals surface area contributed by atoms with Crippen LogP contribution in [0, 0.1) is 11.7 Å². The first-order chi connectivity index (χ1) is 11.1. The van der Waals surface area contributed by atoms with Crippen LogP contribution >= 0.6 is 0 Å². The van der Waals surface area contributed by atoms with Gasteiger partial charge in [-0.05, 0) is 37.0 Å². The highest BCUT2D eigenvalue weighted by Gasteiger charge is 2.25. The molecule has 0 radical (unpaired) electrons. The molecule has 23 heavy (non-hydrogen) atoms. The van der Waals surface area contributed by atoms with Crippen LogP contribution in [0.3, 0.4) is 0 Å². The van der Waals surface area contributed by atoms with Crippen molar-refractivity contribution >= 4 is 6.03 Å². The van der Waals surface area contributed by atoms with Crippen molar-refractivity contribution < 1.29 is 19.0 Å². The van der Waals surface area contributed by atoms with Gasteiger partial charge < -0.3 is 20.5 Å². The SMILES string of the molecule is COc1cc(CCNC(=O)N[C@H]2CCCC[C@H]2CO)ccc1F. The minimum atomic E-state index is -0.394. The monoisotopic (exact) mass is 324 g/mol. The van der Waals surface area contributed by atoms with Crippen molar-refractivity contribution in [2.24, 2.45) is 5.92 Å². The summed E-state index contributed by atoms with van der Waals surface area (Å²) >= 11 is 0. The van der Waals surface area contributed by atoms with E-state index in [-0.39, 0.29) is 30.3 Å². The van der Waals surface area contributed by atoms with E-state index in [1.165, 1.54) is 13.2 Å². The molecule has 0 unspecified atom stereocenters. The highest BCUT2D eigenvalue weighted by atomic mass is 19.1. The third-order valence-corrected chi connectivity index (χ3v) is 4.37. The average molecular weight is 324 g/mol. The van der Waals surface area contributed by atoms with Crippen LogP contribution in [0.5, 0.6) is 5.75 Å². The van der Waals surface area contributed by atoms with Gasteiger partial charge in [-0.3, -0.25) is 0 Å². The summed E-state index contributed by atoms with van der Waals surface area (Å²) in [7, 11) is 1.43. The van der Waals surface area contributed by atoms with Crippen molar-refractivity contribution in [1.82, 2.24) is 10.6 Å². The number of amides is 2. The Morgan fingerprint density at radius 3 is 2.91 bits per heavy atom. The molecule has 0 spiro atoms. The van der Waals surface area contributed by atoms with Crippen molar-refractivity contribution in [1.29, 1.82) is 0 Å². The zero-order chi connectivity index (χ0) is 16.7. The predicted octanol–water partition coefficient (Wildman–Crippen LogP) is 2.23. The summed E-state index contributed by atoms with van der Waals surface area (Å²) in [5.41, 5.74) is 0.898. The molecule has 1 aromatic carbocycles. The Kier molecular flexibility index (Phi) is 6.65. The molecule has 0 saturated heterocycles. The highest BCUT2D eigenvalue weighted by molar-refractivity contribution is 5.74. The molecule has 2 atom stereocenters. The Bertz CT molecular complexity index is 525. The fourth-order valence-electron chi connectivity index (χ4n) is 3.02. The molecule has 1 saturated carbocycles. The Morgan fingerprint density at radius 1 is 1.39 bits per heavy atom. The number of rotatable bonds is 6. The quantitative estimate of drug-likeness (QED) is 0.751. The van der Waals surface area contributed by atoms with Crippen LogP contribution < -0.4 is 15.4 Å². The van der Waals surface area contributed by atoms with Crippen molar-refractivity contribution in [3.05, 3.63) is 29.6 Å². The molecule has 1 fully saturated rings. The van der Waals surface area contributed by atoms with Gasteiger partial charge in [0.2, 0.25) is 0 Å². The molecule has 1 aliphatic carbocycles. The lowest BCUT2D eigenvalue weighted by molar-refractivity contribution is 0.154. The van der Waals surface area contributed by atoms with E-state index in [9.17, 15) is 14.3 Å². The third kappa shape index (κ3) is 5.10. The van der Waals surface area contributed by atoms with E-state index in [1.54, 1.807) is 12.1 Å². The number of aliphatic hydroxyl groups excluding tert-OH is 1. The Morgan fingerprint density at radius 2 is 2.17 bits per heavy atom. The Labute approximate surface area is 136 Å². The van der Waals surface area contributed by atoms with E-state index in [0.717, 1.165) is 31.2 Å². The lowest BCUT2D eigenvalue weighted by Crippen LogP contribution is -2.48. The lowest BCUT2D eigenvalue weighted by Gasteiger charge is -2.30. The lowest BCUT2D eigenvalue weighted by atomic mass is 9.85. The van der Waals surface area contributed by atoms with Gasteiger partial charge in [0.25, 0.3) is 0 Å². The van der Waals surface area contributed by atoms with E-state index in [2.05, 4.69) is 10.6 Å². The largest absolute Gasteiger partial charge is 0.494 e. The molecule has 1 aromatic rings. The molecule has 0 aliphatic heterocycles. The smallest absolute Gasteiger partial charge is 0.315 e. The van der Waals surface area contributed by atoms with Crippen LogP contribution in [-0.4, -0.2) is 37.4 Å². The van der Waals surface area contributed by atoms with Crippen LogP contribution in [0.1, 0.15) is 31.2 Å². The fraction of sp³-hybridized carbons (Fsp3) is 0.588. The number of ether oxygens (including phenoxy) is 1. The third-order valence-electron chi connectivity index (χ3n) is 4.37. The first-order valence-electron chi connectivity index (χ1n) is 8.11. The van der Waals surface area contributed by atoms with E-state index >= 15 is 0 Å². The maximum absolute atomic E-state index is 13.3. The van der Waals surface area contributed by atoms with Gasteiger partial charge in [-0.2, -0.15) is 0 Å². The van der Waals surface area contributed by atoms with Gasteiger partial charge in [-0.25, -0.2) is 9.18 Å². The molecule has 5 nitrogen and oxygen atoms in total. The van der Waals surface area contributed by atoms with Gasteiger partial charge in [-0.15, -0.1) is 0 Å². The van der Waals surface area contributed by atoms with Gasteiger partial charge in [-0.1, -0.05) is 18.9 Å². The summed E-state index contributed by atoms with van der Waals surface area (Å²) in [5, 5.41) is 15.1. The molecular formula is C17H25FN2O3. The number of aliphatic hydroxyl groups is 1. The predicted molar refractivity (Wildman–Crippen MR) is 86.0 cm³/mol. The van der Waals surface area contributed by atoms with E-state index in [4.69, 9.17) is 4.74 Å². The molecular weight excluding hydrogens is 299 g/mol. The molecule has 0 bridgehead atoms. The number of benzene rings is 1. The normalized spacial score (nSPS) is 20.8. The molecule has 2 rings (SSSR count). The zero-order valence-corrected chi connectivity index (χ0v) is 13.5. The Hall–Kier alpha value is -1.82. The van der Waals surface area contributed by atoms with E-state index < -0.39 is 5.82 Å². The second-order valence-corrected chi connectivity index (χ2v) is 5.95. The second-order valence-electron chi connectivity index (χ2n) is 5.95. The summed E-state index contributed by atoms with van der Waals surface area (Å²) in [5.74, 6) is -0.0369. The van der Waals surface area contributed by atoms with Gasteiger partial charge >= 0.3 is 6.03 Å². The zero-order valence-electron chi connectivity index (χ0n) is 13.5. The van der Waals surface area contributed by atoms with Crippen molar-refractivity contribution in [3.63, 3.8) is 0 Å². The average Bonchev–Trinajstić information content (AvgIpc) is 2.57. The van der Waals surface area contributed by atoms with E-state index in [1.807, 2.05) is 0 Å². The number of methoxy groups -OCH3 is 1. The van der Waals surface area contributed by atoms with Gasteiger partial charge in [0.1, 0.15) is 0 Å². The van der Waals surface area contributed by atoms with Gasteiger partial charge in [0.05, 0.1) is 7.11 Å². The molecule has 128 valence electrons. The first-order valence-corrected chi connectivity index (χ1v) is 8.11. The van der Waals surface area contributed by atoms with Crippen molar-refractivity contribution in [2.75, 3.05) is 20.3 Å². The van der Waals surface area contributed by atoms with Gasteiger partial charge in [0.15, 0.2) is 11.6 Å². The molecule has 0 aromatic heterocycles. The number of halogens is 1. The number of carbonyl (C=O) groups is 1. The number of nitrogens with one attached hydrogen (secondary N) is 2. The van der Waals surface area contributed by atoms with Crippen molar-refractivity contribution in [3.8, 4) is 5.75 Å². The van der Waals surface area contributed by atoms with Crippen LogP contribution in [0.25, 0.3) is 0 Å². The number of carbonyl (C=O) groups excluding carboxylic acids is 1. The minimum absolute atomic E-state index is 0.0414.